The summed E-state index contributed by atoms with van der Waals surface area (Å²) in [5.41, 5.74) is 3.95. The minimum absolute atomic E-state index is 0.0765. The van der Waals surface area contributed by atoms with Crippen molar-refractivity contribution in [3.05, 3.63) is 90.0 Å². The predicted molar refractivity (Wildman–Crippen MR) is 113 cm³/mol. The van der Waals surface area contributed by atoms with Gasteiger partial charge in [-0.3, -0.25) is 4.72 Å². The van der Waals surface area contributed by atoms with Crippen LogP contribution in [0.4, 0.5) is 17.1 Å². The molecule has 0 bridgehead atoms. The molecule has 0 radical (unpaired) electrons. The molecule has 0 aromatic heterocycles. The van der Waals surface area contributed by atoms with Gasteiger partial charge in [0.15, 0.2) is 0 Å². The fourth-order valence-electron chi connectivity index (χ4n) is 2.76. The maximum absolute atomic E-state index is 12.3. The van der Waals surface area contributed by atoms with Crippen LogP contribution in [0.3, 0.4) is 0 Å². The number of aryl methyl sites for hydroxylation is 1. The number of nitrogens with zero attached hydrogens (tertiary/aromatic N) is 1. The van der Waals surface area contributed by atoms with Crippen molar-refractivity contribution in [1.29, 1.82) is 5.26 Å². The van der Waals surface area contributed by atoms with Gasteiger partial charge in [-0.15, -0.1) is 0 Å². The van der Waals surface area contributed by atoms with Crippen molar-refractivity contribution < 1.29 is 8.42 Å². The van der Waals surface area contributed by atoms with Crippen LogP contribution in [0, 0.1) is 11.3 Å². The first kappa shape index (κ1) is 19.5. The number of nitriles is 1. The lowest BCUT2D eigenvalue weighted by Crippen LogP contribution is -2.17. The molecule has 0 spiro atoms. The van der Waals surface area contributed by atoms with Gasteiger partial charge in [-0.1, -0.05) is 30.3 Å². The van der Waals surface area contributed by atoms with Crippen molar-refractivity contribution in [2.45, 2.75) is 12.8 Å². The third-order valence-corrected chi connectivity index (χ3v) is 5.56. The van der Waals surface area contributed by atoms with Crippen LogP contribution in [-0.2, 0) is 16.4 Å². The molecule has 0 aliphatic rings. The standard InChI is InChI=1S/C22H21N3O2S/c23-17-19-8-10-20(11-9-19)24-21-12-14-22(15-13-21)25-28(26,27)16-4-7-18-5-2-1-3-6-18/h1-3,5-6,8-15,24-25H,4,7,16H2. The molecule has 3 rings (SSSR count). The molecule has 3 aromatic carbocycles. The van der Waals surface area contributed by atoms with E-state index in [4.69, 9.17) is 5.26 Å². The van der Waals surface area contributed by atoms with Gasteiger partial charge in [0.05, 0.1) is 17.4 Å². The smallest absolute Gasteiger partial charge is 0.232 e. The Balaban J connectivity index is 1.53. The zero-order valence-corrected chi connectivity index (χ0v) is 16.1. The van der Waals surface area contributed by atoms with E-state index in [1.54, 1.807) is 36.4 Å². The van der Waals surface area contributed by atoms with E-state index in [-0.39, 0.29) is 5.75 Å². The summed E-state index contributed by atoms with van der Waals surface area (Å²) in [6.45, 7) is 0. The Morgan fingerprint density at radius 3 is 1.96 bits per heavy atom. The van der Waals surface area contributed by atoms with Crippen molar-refractivity contribution >= 4 is 27.1 Å². The average molecular weight is 391 g/mol. The van der Waals surface area contributed by atoms with Crippen LogP contribution in [0.2, 0.25) is 0 Å². The summed E-state index contributed by atoms with van der Waals surface area (Å²) in [6.07, 6.45) is 1.30. The molecule has 0 heterocycles. The van der Waals surface area contributed by atoms with Crippen LogP contribution in [0.15, 0.2) is 78.9 Å². The summed E-state index contributed by atoms with van der Waals surface area (Å²) in [5.74, 6) is 0.0765. The number of hydrogen-bond acceptors (Lipinski definition) is 4. The molecule has 0 amide bonds. The van der Waals surface area contributed by atoms with Crippen molar-refractivity contribution in [2.75, 3.05) is 15.8 Å². The van der Waals surface area contributed by atoms with Crippen molar-refractivity contribution in [2.24, 2.45) is 0 Å². The molecule has 2 N–H and O–H groups in total. The van der Waals surface area contributed by atoms with Gasteiger partial charge in [-0.2, -0.15) is 5.26 Å². The molecular formula is C22H21N3O2S. The Bertz CT molecular complexity index is 1040. The van der Waals surface area contributed by atoms with E-state index < -0.39 is 10.0 Å². The van der Waals surface area contributed by atoms with Gasteiger partial charge >= 0.3 is 0 Å². The SMILES string of the molecule is N#Cc1ccc(Nc2ccc(NS(=O)(=O)CCCc3ccccc3)cc2)cc1. The third kappa shape index (κ3) is 5.86. The fourth-order valence-corrected chi connectivity index (χ4v) is 3.88. The molecule has 0 saturated heterocycles. The van der Waals surface area contributed by atoms with Gasteiger partial charge in [-0.25, -0.2) is 8.42 Å². The maximum Gasteiger partial charge on any atom is 0.232 e. The van der Waals surface area contributed by atoms with Crippen LogP contribution >= 0.6 is 0 Å². The highest BCUT2D eigenvalue weighted by Gasteiger charge is 2.10. The summed E-state index contributed by atoms with van der Waals surface area (Å²) >= 11 is 0. The quantitative estimate of drug-likeness (QED) is 0.584. The largest absolute Gasteiger partial charge is 0.356 e. The number of benzene rings is 3. The molecule has 0 fully saturated rings. The zero-order chi connectivity index (χ0) is 19.8. The molecule has 0 atom stereocenters. The summed E-state index contributed by atoms with van der Waals surface area (Å²) in [6, 6.07) is 26.1. The monoisotopic (exact) mass is 391 g/mol. The van der Waals surface area contributed by atoms with Gasteiger partial charge in [0.1, 0.15) is 0 Å². The fraction of sp³-hybridized carbons (Fsp3) is 0.136. The second kappa shape index (κ2) is 9.07. The third-order valence-electron chi connectivity index (χ3n) is 4.18. The number of nitrogens with one attached hydrogen (secondary N) is 2. The molecule has 0 aliphatic heterocycles. The van der Waals surface area contributed by atoms with E-state index in [0.29, 0.717) is 17.7 Å². The first-order valence-corrected chi connectivity index (χ1v) is 10.6. The van der Waals surface area contributed by atoms with Crippen LogP contribution in [0.5, 0.6) is 0 Å². The first-order chi connectivity index (χ1) is 13.5. The summed E-state index contributed by atoms with van der Waals surface area (Å²) < 4.78 is 27.2. The minimum atomic E-state index is -3.39. The normalized spacial score (nSPS) is 10.8. The van der Waals surface area contributed by atoms with Crippen LogP contribution in [0.25, 0.3) is 0 Å². The van der Waals surface area contributed by atoms with E-state index in [1.165, 1.54) is 0 Å². The Kier molecular flexibility index (Phi) is 6.30. The molecule has 5 nitrogen and oxygen atoms in total. The second-order valence-corrected chi connectivity index (χ2v) is 8.24. The molecule has 0 aliphatic carbocycles. The lowest BCUT2D eigenvalue weighted by molar-refractivity contribution is 0.598. The van der Waals surface area contributed by atoms with Gasteiger partial charge in [-0.05, 0) is 66.9 Å². The van der Waals surface area contributed by atoms with Crippen molar-refractivity contribution in [1.82, 2.24) is 0 Å². The van der Waals surface area contributed by atoms with E-state index in [2.05, 4.69) is 16.1 Å². The number of rotatable bonds is 8. The molecular weight excluding hydrogens is 370 g/mol. The van der Waals surface area contributed by atoms with Crippen LogP contribution in [0.1, 0.15) is 17.5 Å². The molecule has 0 unspecified atom stereocenters. The first-order valence-electron chi connectivity index (χ1n) is 8.96. The molecule has 142 valence electrons. The predicted octanol–water partition coefficient (Wildman–Crippen LogP) is 4.68. The lowest BCUT2D eigenvalue weighted by Gasteiger charge is -2.10. The summed E-state index contributed by atoms with van der Waals surface area (Å²) in [5, 5.41) is 12.0. The topological polar surface area (TPSA) is 82.0 Å². The van der Waals surface area contributed by atoms with E-state index in [9.17, 15) is 8.42 Å². The highest BCUT2D eigenvalue weighted by atomic mass is 32.2. The molecule has 3 aromatic rings. The minimum Gasteiger partial charge on any atom is -0.356 e. The second-order valence-electron chi connectivity index (χ2n) is 6.40. The van der Waals surface area contributed by atoms with E-state index >= 15 is 0 Å². The Morgan fingerprint density at radius 2 is 1.36 bits per heavy atom. The van der Waals surface area contributed by atoms with E-state index in [0.717, 1.165) is 23.4 Å². The summed E-state index contributed by atoms with van der Waals surface area (Å²) in [4.78, 5) is 0. The van der Waals surface area contributed by atoms with Gasteiger partial charge in [0.2, 0.25) is 10.0 Å². The molecule has 0 saturated carbocycles. The number of hydrogen-bond donors (Lipinski definition) is 2. The van der Waals surface area contributed by atoms with Gasteiger partial charge < -0.3 is 5.32 Å². The van der Waals surface area contributed by atoms with Crippen LogP contribution < -0.4 is 10.0 Å². The highest BCUT2D eigenvalue weighted by molar-refractivity contribution is 7.92. The van der Waals surface area contributed by atoms with Crippen molar-refractivity contribution in [3.8, 4) is 6.07 Å². The van der Waals surface area contributed by atoms with Gasteiger partial charge in [0.25, 0.3) is 0 Å². The Hall–Kier alpha value is -3.30. The lowest BCUT2D eigenvalue weighted by atomic mass is 10.1. The van der Waals surface area contributed by atoms with Crippen LogP contribution in [-0.4, -0.2) is 14.2 Å². The maximum atomic E-state index is 12.3. The molecule has 6 heteroatoms. The highest BCUT2D eigenvalue weighted by Crippen LogP contribution is 2.20. The van der Waals surface area contributed by atoms with Crippen molar-refractivity contribution in [3.63, 3.8) is 0 Å². The number of sulfonamides is 1. The number of anilines is 3. The average Bonchev–Trinajstić information content (AvgIpc) is 2.70. The summed E-state index contributed by atoms with van der Waals surface area (Å²) in [7, 11) is -3.39. The Labute approximate surface area is 165 Å². The Morgan fingerprint density at radius 1 is 0.786 bits per heavy atom. The van der Waals surface area contributed by atoms with Gasteiger partial charge in [0, 0.05) is 17.1 Å². The molecule has 28 heavy (non-hydrogen) atoms. The van der Waals surface area contributed by atoms with E-state index in [1.807, 2.05) is 42.5 Å². The zero-order valence-electron chi connectivity index (χ0n) is 15.3.